The summed E-state index contributed by atoms with van der Waals surface area (Å²) in [6.45, 7) is 1.93. The van der Waals surface area contributed by atoms with Crippen molar-refractivity contribution in [2.45, 2.75) is 6.92 Å². The van der Waals surface area contributed by atoms with E-state index in [1.54, 1.807) is 0 Å². The molecule has 0 aliphatic heterocycles. The van der Waals surface area contributed by atoms with Gasteiger partial charge in [0.2, 0.25) is 5.95 Å². The van der Waals surface area contributed by atoms with Crippen molar-refractivity contribution in [3.8, 4) is 22.5 Å². The molecule has 0 spiro atoms. The van der Waals surface area contributed by atoms with Crippen molar-refractivity contribution in [3.63, 3.8) is 0 Å². The van der Waals surface area contributed by atoms with Gasteiger partial charge in [-0.2, -0.15) is 5.10 Å². The summed E-state index contributed by atoms with van der Waals surface area (Å²) in [4.78, 5) is 9.32. The van der Waals surface area contributed by atoms with Gasteiger partial charge in [-0.05, 0) is 30.7 Å². The van der Waals surface area contributed by atoms with Crippen molar-refractivity contribution < 1.29 is 0 Å². The van der Waals surface area contributed by atoms with Gasteiger partial charge in [-0.25, -0.2) is 15.4 Å². The fourth-order valence-corrected chi connectivity index (χ4v) is 2.93. The van der Waals surface area contributed by atoms with E-state index in [1.165, 1.54) is 0 Å². The molecule has 0 saturated heterocycles. The smallest absolute Gasteiger partial charge is 0.244 e. The van der Waals surface area contributed by atoms with Gasteiger partial charge in [-0.1, -0.05) is 72.8 Å². The summed E-state index contributed by atoms with van der Waals surface area (Å²) in [5.41, 5.74) is 15.0. The maximum absolute atomic E-state index is 5.76. The molecule has 29 heavy (non-hydrogen) atoms. The van der Waals surface area contributed by atoms with E-state index in [0.717, 1.165) is 39.5 Å². The fraction of sp³-hybridized carbons (Fsp3) is 0.0417. The third-order valence-corrected chi connectivity index (χ3v) is 4.52. The van der Waals surface area contributed by atoms with Crippen LogP contribution < -0.4 is 11.2 Å². The zero-order chi connectivity index (χ0) is 20.1. The predicted octanol–water partition coefficient (Wildman–Crippen LogP) is 5.23. The lowest BCUT2D eigenvalue weighted by atomic mass is 10.1. The number of hydrogen-bond acceptors (Lipinski definition) is 5. The highest BCUT2D eigenvalue weighted by Gasteiger charge is 2.08. The SMILES string of the molecule is C/C(=N\Nc1nc(-c2ccccc2)cc(-c2ccccc2)n1)c1ccc(N)cc1. The standard InChI is InChI=1S/C24H21N5/c1-17(18-12-14-21(25)15-13-18)28-29-24-26-22(19-8-4-2-5-9-19)16-23(27-24)20-10-6-3-7-11-20/h2-16H,25H2,1H3,(H,26,27,29)/b28-17+. The van der Waals surface area contributed by atoms with Crippen LogP contribution in [0.1, 0.15) is 12.5 Å². The van der Waals surface area contributed by atoms with Crippen molar-refractivity contribution in [1.82, 2.24) is 9.97 Å². The second-order valence-corrected chi connectivity index (χ2v) is 6.63. The highest BCUT2D eigenvalue weighted by molar-refractivity contribution is 5.99. The third kappa shape index (κ3) is 4.47. The van der Waals surface area contributed by atoms with E-state index >= 15 is 0 Å². The molecule has 3 N–H and O–H groups in total. The Labute approximate surface area is 170 Å². The van der Waals surface area contributed by atoms with Crippen LogP contribution in [-0.2, 0) is 0 Å². The molecule has 5 heteroatoms. The van der Waals surface area contributed by atoms with Crippen LogP contribution in [0.4, 0.5) is 11.6 Å². The highest BCUT2D eigenvalue weighted by Crippen LogP contribution is 2.25. The van der Waals surface area contributed by atoms with Gasteiger partial charge in [0.25, 0.3) is 0 Å². The molecule has 3 aromatic carbocycles. The van der Waals surface area contributed by atoms with E-state index in [2.05, 4.69) is 20.5 Å². The second kappa shape index (κ2) is 8.35. The average Bonchev–Trinajstić information content (AvgIpc) is 2.79. The number of hydrazone groups is 1. The van der Waals surface area contributed by atoms with Crippen molar-refractivity contribution in [1.29, 1.82) is 0 Å². The quantitative estimate of drug-likeness (QED) is 0.283. The lowest BCUT2D eigenvalue weighted by Gasteiger charge is -2.09. The Hall–Kier alpha value is -3.99. The minimum absolute atomic E-state index is 0.444. The second-order valence-electron chi connectivity index (χ2n) is 6.63. The molecule has 4 rings (SSSR count). The minimum Gasteiger partial charge on any atom is -0.399 e. The molecule has 5 nitrogen and oxygen atoms in total. The Bertz CT molecular complexity index is 1060. The largest absolute Gasteiger partial charge is 0.399 e. The van der Waals surface area contributed by atoms with Crippen LogP contribution in [-0.4, -0.2) is 15.7 Å². The molecule has 142 valence electrons. The van der Waals surface area contributed by atoms with Gasteiger partial charge in [0.05, 0.1) is 17.1 Å². The average molecular weight is 379 g/mol. The Morgan fingerprint density at radius 1 is 0.759 bits per heavy atom. The molecule has 0 bridgehead atoms. The van der Waals surface area contributed by atoms with Crippen LogP contribution in [0.15, 0.2) is 96.1 Å². The van der Waals surface area contributed by atoms with Gasteiger partial charge in [0, 0.05) is 16.8 Å². The number of hydrogen-bond donors (Lipinski definition) is 2. The van der Waals surface area contributed by atoms with Gasteiger partial charge >= 0.3 is 0 Å². The lowest BCUT2D eigenvalue weighted by Crippen LogP contribution is -2.04. The molecule has 1 heterocycles. The number of nitrogen functional groups attached to an aromatic ring is 1. The maximum atomic E-state index is 5.76. The molecule has 0 atom stereocenters. The number of rotatable bonds is 5. The van der Waals surface area contributed by atoms with Crippen molar-refractivity contribution in [2.24, 2.45) is 5.10 Å². The first kappa shape index (κ1) is 18.4. The molecular weight excluding hydrogens is 358 g/mol. The van der Waals surface area contributed by atoms with Crippen molar-refractivity contribution >= 4 is 17.3 Å². The monoisotopic (exact) mass is 379 g/mol. The van der Waals surface area contributed by atoms with Gasteiger partial charge in [0.1, 0.15) is 0 Å². The molecule has 0 unspecified atom stereocenters. The van der Waals surface area contributed by atoms with Crippen LogP contribution in [0, 0.1) is 0 Å². The first-order chi connectivity index (χ1) is 14.2. The molecule has 1 aromatic heterocycles. The first-order valence-corrected chi connectivity index (χ1v) is 9.35. The highest BCUT2D eigenvalue weighted by atomic mass is 15.4. The number of aromatic nitrogens is 2. The zero-order valence-electron chi connectivity index (χ0n) is 16.1. The van der Waals surface area contributed by atoms with Crippen LogP contribution in [0.3, 0.4) is 0 Å². The summed E-state index contributed by atoms with van der Waals surface area (Å²) < 4.78 is 0. The van der Waals surface area contributed by atoms with Crippen LogP contribution in [0.25, 0.3) is 22.5 Å². The van der Waals surface area contributed by atoms with Crippen molar-refractivity contribution in [2.75, 3.05) is 11.2 Å². The number of anilines is 2. The summed E-state index contributed by atoms with van der Waals surface area (Å²) in [7, 11) is 0. The number of benzene rings is 3. The summed E-state index contributed by atoms with van der Waals surface area (Å²) >= 11 is 0. The molecule has 0 aliphatic rings. The summed E-state index contributed by atoms with van der Waals surface area (Å²) in [5.74, 6) is 0.444. The topological polar surface area (TPSA) is 76.2 Å². The molecule has 0 aliphatic carbocycles. The fourth-order valence-electron chi connectivity index (χ4n) is 2.93. The summed E-state index contributed by atoms with van der Waals surface area (Å²) in [5, 5.41) is 4.46. The lowest BCUT2D eigenvalue weighted by molar-refractivity contribution is 1.12. The van der Waals surface area contributed by atoms with Crippen LogP contribution >= 0.6 is 0 Å². The van der Waals surface area contributed by atoms with Gasteiger partial charge in [0.15, 0.2) is 0 Å². The van der Waals surface area contributed by atoms with E-state index in [0.29, 0.717) is 5.95 Å². The van der Waals surface area contributed by atoms with E-state index in [9.17, 15) is 0 Å². The first-order valence-electron chi connectivity index (χ1n) is 9.35. The molecule has 0 amide bonds. The Morgan fingerprint density at radius 3 is 1.79 bits per heavy atom. The number of nitrogens with one attached hydrogen (secondary N) is 1. The van der Waals surface area contributed by atoms with E-state index in [1.807, 2.05) is 97.9 Å². The number of nitrogens with two attached hydrogens (primary N) is 1. The molecule has 4 aromatic rings. The normalized spacial score (nSPS) is 11.3. The van der Waals surface area contributed by atoms with Gasteiger partial charge < -0.3 is 5.73 Å². The Balaban J connectivity index is 1.70. The van der Waals surface area contributed by atoms with Crippen LogP contribution in [0.5, 0.6) is 0 Å². The number of nitrogens with zero attached hydrogens (tertiary/aromatic N) is 3. The Kier molecular flexibility index (Phi) is 5.29. The van der Waals surface area contributed by atoms with Crippen molar-refractivity contribution in [3.05, 3.63) is 96.6 Å². The van der Waals surface area contributed by atoms with Gasteiger partial charge in [-0.15, -0.1) is 0 Å². The summed E-state index contributed by atoms with van der Waals surface area (Å²) in [6, 6.07) is 29.7. The van der Waals surface area contributed by atoms with E-state index in [-0.39, 0.29) is 0 Å². The molecule has 0 radical (unpaired) electrons. The van der Waals surface area contributed by atoms with Gasteiger partial charge in [-0.3, -0.25) is 0 Å². The molecule has 0 fully saturated rings. The minimum atomic E-state index is 0.444. The molecule has 0 saturated carbocycles. The molecular formula is C24H21N5. The van der Waals surface area contributed by atoms with Crippen LogP contribution in [0.2, 0.25) is 0 Å². The zero-order valence-corrected chi connectivity index (χ0v) is 16.1. The van der Waals surface area contributed by atoms with E-state index < -0.39 is 0 Å². The summed E-state index contributed by atoms with van der Waals surface area (Å²) in [6.07, 6.45) is 0. The third-order valence-electron chi connectivity index (χ3n) is 4.52. The Morgan fingerprint density at radius 2 is 1.28 bits per heavy atom. The predicted molar refractivity (Wildman–Crippen MR) is 120 cm³/mol. The van der Waals surface area contributed by atoms with E-state index in [4.69, 9.17) is 5.73 Å². The maximum Gasteiger partial charge on any atom is 0.244 e.